The summed E-state index contributed by atoms with van der Waals surface area (Å²) in [4.78, 5) is 13.3. The Kier molecular flexibility index (Phi) is 3.51. The van der Waals surface area contributed by atoms with Gasteiger partial charge in [0.1, 0.15) is 0 Å². The molecule has 1 heterocycles. The first kappa shape index (κ1) is 13.2. The fourth-order valence-corrected chi connectivity index (χ4v) is 1.19. The van der Waals surface area contributed by atoms with Gasteiger partial charge in [-0.3, -0.25) is 15.1 Å². The van der Waals surface area contributed by atoms with Crippen molar-refractivity contribution in [3.8, 4) is 5.75 Å². The summed E-state index contributed by atoms with van der Waals surface area (Å²) >= 11 is 0. The summed E-state index contributed by atoms with van der Waals surface area (Å²) in [5.74, 6) is -0.917. The second-order valence-corrected chi connectivity index (χ2v) is 3.06. The van der Waals surface area contributed by atoms with E-state index in [1.165, 1.54) is 6.92 Å². The van der Waals surface area contributed by atoms with Crippen LogP contribution in [0.5, 0.6) is 5.75 Å². The number of halogens is 3. The van der Waals surface area contributed by atoms with E-state index in [2.05, 4.69) is 9.72 Å². The van der Waals surface area contributed by atoms with Gasteiger partial charge in [0.25, 0.3) is 0 Å². The van der Waals surface area contributed by atoms with Gasteiger partial charge in [0.2, 0.25) is 5.75 Å². The van der Waals surface area contributed by atoms with Gasteiger partial charge in [-0.05, 0) is 6.92 Å². The molecule has 9 heteroatoms. The lowest BCUT2D eigenvalue weighted by atomic mass is 10.2. The van der Waals surface area contributed by atoms with E-state index in [9.17, 15) is 23.3 Å². The van der Waals surface area contributed by atoms with Crippen molar-refractivity contribution in [1.29, 1.82) is 0 Å². The third-order valence-corrected chi connectivity index (χ3v) is 1.80. The highest BCUT2D eigenvalue weighted by Gasteiger charge is 2.36. The van der Waals surface area contributed by atoms with E-state index in [1.54, 1.807) is 0 Å². The second kappa shape index (κ2) is 4.53. The van der Waals surface area contributed by atoms with Crippen LogP contribution in [0.3, 0.4) is 0 Å². The summed E-state index contributed by atoms with van der Waals surface area (Å²) in [6.45, 7) is 1.06. The Labute approximate surface area is 93.3 Å². The number of ether oxygens (including phenoxy) is 1. The highest BCUT2D eigenvalue weighted by molar-refractivity contribution is 5.50. The van der Waals surface area contributed by atoms with E-state index < -0.39 is 22.7 Å². The summed E-state index contributed by atoms with van der Waals surface area (Å²) in [5.41, 5.74) is 4.28. The normalized spacial score (nSPS) is 11.4. The lowest BCUT2D eigenvalue weighted by Crippen LogP contribution is -2.19. The molecule has 17 heavy (non-hydrogen) atoms. The van der Waals surface area contributed by atoms with Crippen molar-refractivity contribution in [3.63, 3.8) is 0 Å². The van der Waals surface area contributed by atoms with Crippen molar-refractivity contribution in [2.75, 3.05) is 0 Å². The Morgan fingerprint density at radius 3 is 2.59 bits per heavy atom. The molecule has 0 aliphatic carbocycles. The topological polar surface area (TPSA) is 91.3 Å². The number of alkyl halides is 3. The first-order chi connectivity index (χ1) is 7.74. The number of hydrogen-bond donors (Lipinski definition) is 1. The molecule has 0 saturated carbocycles. The molecule has 0 aromatic carbocycles. The molecule has 1 aromatic heterocycles. The minimum absolute atomic E-state index is 0.115. The van der Waals surface area contributed by atoms with Crippen LogP contribution in [0, 0.1) is 17.0 Å². The molecule has 0 fully saturated rings. The van der Waals surface area contributed by atoms with Crippen molar-refractivity contribution in [1.82, 2.24) is 4.98 Å². The van der Waals surface area contributed by atoms with E-state index in [0.717, 1.165) is 6.07 Å². The fraction of sp³-hybridized carbons (Fsp3) is 0.375. The molecular formula is C8H8F3N3O3. The average Bonchev–Trinajstić information content (AvgIpc) is 2.18. The summed E-state index contributed by atoms with van der Waals surface area (Å²) in [7, 11) is 0. The predicted octanol–water partition coefficient (Wildman–Crippen LogP) is 1.66. The number of nitro groups is 1. The summed E-state index contributed by atoms with van der Waals surface area (Å²) in [6.07, 6.45) is -5.01. The SMILES string of the molecule is Cc1nc(CN)cc([N+](=O)[O-])c1OC(F)(F)F. The Bertz CT molecular complexity index is 448. The molecule has 0 atom stereocenters. The maximum Gasteiger partial charge on any atom is 0.573 e. The first-order valence-electron chi connectivity index (χ1n) is 4.35. The van der Waals surface area contributed by atoms with Gasteiger partial charge in [0, 0.05) is 12.6 Å². The zero-order chi connectivity index (χ0) is 13.2. The summed E-state index contributed by atoms with van der Waals surface area (Å²) in [5, 5.41) is 10.6. The van der Waals surface area contributed by atoms with Crippen LogP contribution >= 0.6 is 0 Å². The number of nitrogens with two attached hydrogens (primary N) is 1. The third-order valence-electron chi connectivity index (χ3n) is 1.80. The van der Waals surface area contributed by atoms with Crippen molar-refractivity contribution in [2.24, 2.45) is 5.73 Å². The van der Waals surface area contributed by atoms with Gasteiger partial charge in [-0.2, -0.15) is 0 Å². The lowest BCUT2D eigenvalue weighted by molar-refractivity contribution is -0.388. The van der Waals surface area contributed by atoms with Crippen LogP contribution in [0.4, 0.5) is 18.9 Å². The first-order valence-corrected chi connectivity index (χ1v) is 4.35. The van der Waals surface area contributed by atoms with Crippen molar-refractivity contribution < 1.29 is 22.8 Å². The van der Waals surface area contributed by atoms with E-state index in [-0.39, 0.29) is 17.9 Å². The third kappa shape index (κ3) is 3.28. The van der Waals surface area contributed by atoms with Crippen LogP contribution in [0.1, 0.15) is 11.4 Å². The maximum atomic E-state index is 12.0. The van der Waals surface area contributed by atoms with Crippen LogP contribution < -0.4 is 10.5 Å². The van der Waals surface area contributed by atoms with Crippen LogP contribution in [-0.2, 0) is 6.54 Å². The molecule has 94 valence electrons. The Balaban J connectivity index is 3.32. The zero-order valence-corrected chi connectivity index (χ0v) is 8.61. The van der Waals surface area contributed by atoms with Gasteiger partial charge in [-0.15, -0.1) is 13.2 Å². The Morgan fingerprint density at radius 1 is 1.59 bits per heavy atom. The van der Waals surface area contributed by atoms with Crippen LogP contribution in [0.25, 0.3) is 0 Å². The van der Waals surface area contributed by atoms with Crippen molar-refractivity contribution >= 4 is 5.69 Å². The van der Waals surface area contributed by atoms with E-state index in [1.807, 2.05) is 0 Å². The number of aromatic nitrogens is 1. The molecule has 0 saturated heterocycles. The van der Waals surface area contributed by atoms with E-state index >= 15 is 0 Å². The average molecular weight is 251 g/mol. The van der Waals surface area contributed by atoms with Gasteiger partial charge < -0.3 is 10.5 Å². The molecule has 0 unspecified atom stereocenters. The van der Waals surface area contributed by atoms with E-state index in [0.29, 0.717) is 0 Å². The highest BCUT2D eigenvalue weighted by Crippen LogP contribution is 2.34. The minimum atomic E-state index is -5.01. The number of nitrogens with zero attached hydrogens (tertiary/aromatic N) is 2. The summed E-state index contributed by atoms with van der Waals surface area (Å²) < 4.78 is 39.7. The molecule has 0 radical (unpaired) electrons. The maximum absolute atomic E-state index is 12.0. The summed E-state index contributed by atoms with van der Waals surface area (Å²) in [6, 6.07) is 0.855. The van der Waals surface area contributed by atoms with Crippen molar-refractivity contribution in [3.05, 3.63) is 27.6 Å². The lowest BCUT2D eigenvalue weighted by Gasteiger charge is -2.11. The number of rotatable bonds is 3. The quantitative estimate of drug-likeness (QED) is 0.651. The highest BCUT2D eigenvalue weighted by atomic mass is 19.4. The molecule has 6 nitrogen and oxygen atoms in total. The predicted molar refractivity (Wildman–Crippen MR) is 50.2 cm³/mol. The monoisotopic (exact) mass is 251 g/mol. The Morgan fingerprint density at radius 2 is 2.18 bits per heavy atom. The molecule has 1 rings (SSSR count). The Hall–Kier alpha value is -1.90. The molecule has 0 spiro atoms. The van der Waals surface area contributed by atoms with Crippen molar-refractivity contribution in [2.45, 2.75) is 19.8 Å². The second-order valence-electron chi connectivity index (χ2n) is 3.06. The van der Waals surface area contributed by atoms with Gasteiger partial charge in [-0.25, -0.2) is 0 Å². The van der Waals surface area contributed by atoms with Gasteiger partial charge in [-0.1, -0.05) is 0 Å². The molecule has 0 aliphatic rings. The smallest absolute Gasteiger partial charge is 0.396 e. The van der Waals surface area contributed by atoms with Crippen LogP contribution in [0.2, 0.25) is 0 Å². The standard InChI is InChI=1S/C8H8F3N3O3/c1-4-7(17-8(9,10)11)6(14(15)16)2-5(3-12)13-4/h2H,3,12H2,1H3. The van der Waals surface area contributed by atoms with Gasteiger partial charge in [0.15, 0.2) is 0 Å². The zero-order valence-electron chi connectivity index (χ0n) is 8.61. The molecule has 0 bridgehead atoms. The molecule has 2 N–H and O–H groups in total. The number of aryl methyl sites for hydroxylation is 1. The molecule has 0 amide bonds. The van der Waals surface area contributed by atoms with E-state index in [4.69, 9.17) is 5.73 Å². The minimum Gasteiger partial charge on any atom is -0.396 e. The van der Waals surface area contributed by atoms with Gasteiger partial charge in [0.05, 0.1) is 16.3 Å². The largest absolute Gasteiger partial charge is 0.573 e. The van der Waals surface area contributed by atoms with Crippen LogP contribution in [-0.4, -0.2) is 16.3 Å². The number of pyridine rings is 1. The molecular weight excluding hydrogens is 243 g/mol. The van der Waals surface area contributed by atoms with Crippen LogP contribution in [0.15, 0.2) is 6.07 Å². The molecule has 0 aliphatic heterocycles. The fourth-order valence-electron chi connectivity index (χ4n) is 1.19. The molecule has 1 aromatic rings. The van der Waals surface area contributed by atoms with Gasteiger partial charge >= 0.3 is 12.0 Å². The number of hydrogen-bond acceptors (Lipinski definition) is 5.